The Hall–Kier alpha value is -1.10. The maximum Gasteiger partial charge on any atom is 0.119 e. The number of ether oxygens (including phenoxy) is 1. The normalized spacial score (nSPS) is 14.2. The number of β-amino-alcohol motifs (C(OH)–C–C–N with tert-alkyl or cyclic N) is 1. The summed E-state index contributed by atoms with van der Waals surface area (Å²) in [6.07, 6.45) is -0.623. The molecule has 0 aliphatic carbocycles. The molecule has 0 aromatic heterocycles. The predicted octanol–water partition coefficient (Wildman–Crippen LogP) is 1.57. The van der Waals surface area contributed by atoms with Crippen LogP contribution in [0.3, 0.4) is 0 Å². The highest BCUT2D eigenvalue weighted by atomic mass is 16.5. The van der Waals surface area contributed by atoms with Gasteiger partial charge in [0.25, 0.3) is 0 Å². The van der Waals surface area contributed by atoms with Crippen molar-refractivity contribution in [1.29, 1.82) is 0 Å². The molecule has 108 valence electrons. The maximum absolute atomic E-state index is 9.99. The van der Waals surface area contributed by atoms with Gasteiger partial charge in [-0.3, -0.25) is 0 Å². The summed E-state index contributed by atoms with van der Waals surface area (Å²) >= 11 is 0. The number of aliphatic hydroxyl groups excluding tert-OH is 1. The predicted molar refractivity (Wildman–Crippen MR) is 76.3 cm³/mol. The average Bonchev–Trinajstić information content (AvgIpc) is 2.34. The Kier molecular flexibility index (Phi) is 5.35. The molecule has 0 saturated heterocycles. The summed E-state index contributed by atoms with van der Waals surface area (Å²) in [6, 6.07) is 9.38. The fraction of sp³-hybridized carbons (Fsp3) is 0.600. The molecule has 0 aliphatic rings. The van der Waals surface area contributed by atoms with E-state index in [1.807, 2.05) is 44.2 Å². The molecule has 3 N–H and O–H groups in total. The van der Waals surface area contributed by atoms with Gasteiger partial charge in [0, 0.05) is 12.1 Å². The number of rotatable bonds is 7. The van der Waals surface area contributed by atoms with Crippen LogP contribution < -0.4 is 10.1 Å². The van der Waals surface area contributed by atoms with Crippen LogP contribution in [0.4, 0.5) is 0 Å². The minimum Gasteiger partial charge on any atom is -0.491 e. The van der Waals surface area contributed by atoms with Gasteiger partial charge in [-0.2, -0.15) is 0 Å². The van der Waals surface area contributed by atoms with E-state index in [-0.39, 0.29) is 6.61 Å². The van der Waals surface area contributed by atoms with Crippen LogP contribution >= 0.6 is 0 Å². The number of benzene rings is 1. The monoisotopic (exact) mass is 267 g/mol. The lowest BCUT2D eigenvalue weighted by Gasteiger charge is -2.38. The molecule has 1 unspecified atom stereocenters. The highest BCUT2D eigenvalue weighted by Gasteiger charge is 2.34. The summed E-state index contributed by atoms with van der Waals surface area (Å²) < 4.78 is 5.47. The van der Waals surface area contributed by atoms with Crippen LogP contribution in [0, 0.1) is 0 Å². The first-order valence-electron chi connectivity index (χ1n) is 6.56. The molecule has 1 aromatic rings. The second-order valence-corrected chi connectivity index (χ2v) is 5.84. The van der Waals surface area contributed by atoms with E-state index in [2.05, 4.69) is 5.32 Å². The summed E-state index contributed by atoms with van der Waals surface area (Å²) in [7, 11) is 0. The molecule has 4 heteroatoms. The summed E-state index contributed by atoms with van der Waals surface area (Å²) in [4.78, 5) is 0. The molecule has 0 radical (unpaired) electrons. The third-order valence-corrected chi connectivity index (χ3v) is 3.49. The molecule has 0 saturated carbocycles. The Balaban J connectivity index is 2.34. The average molecular weight is 267 g/mol. The van der Waals surface area contributed by atoms with Crippen molar-refractivity contribution in [3.05, 3.63) is 30.3 Å². The molecular formula is C15H25NO3. The van der Waals surface area contributed by atoms with Gasteiger partial charge in [0.1, 0.15) is 18.5 Å². The van der Waals surface area contributed by atoms with E-state index < -0.39 is 17.2 Å². The van der Waals surface area contributed by atoms with Crippen LogP contribution in [0.15, 0.2) is 30.3 Å². The summed E-state index contributed by atoms with van der Waals surface area (Å²) in [6.45, 7) is 7.87. The van der Waals surface area contributed by atoms with E-state index in [1.54, 1.807) is 13.8 Å². The van der Waals surface area contributed by atoms with Gasteiger partial charge in [-0.05, 0) is 39.8 Å². The topological polar surface area (TPSA) is 61.7 Å². The number of hydrogen-bond acceptors (Lipinski definition) is 4. The third kappa shape index (κ3) is 5.19. The lowest BCUT2D eigenvalue weighted by atomic mass is 9.86. The molecule has 0 bridgehead atoms. The summed E-state index contributed by atoms with van der Waals surface area (Å²) in [5.74, 6) is 0.739. The van der Waals surface area contributed by atoms with Crippen LogP contribution in [0.25, 0.3) is 0 Å². The molecule has 1 atom stereocenters. The van der Waals surface area contributed by atoms with Gasteiger partial charge in [0.15, 0.2) is 0 Å². The number of nitrogens with one attached hydrogen (secondary N) is 1. The van der Waals surface area contributed by atoms with E-state index in [0.29, 0.717) is 6.54 Å². The van der Waals surface area contributed by atoms with E-state index in [9.17, 15) is 10.2 Å². The van der Waals surface area contributed by atoms with E-state index in [4.69, 9.17) is 4.74 Å². The molecule has 0 fully saturated rings. The molecule has 19 heavy (non-hydrogen) atoms. The summed E-state index contributed by atoms with van der Waals surface area (Å²) in [5.41, 5.74) is -1.35. The zero-order valence-corrected chi connectivity index (χ0v) is 12.2. The third-order valence-electron chi connectivity index (χ3n) is 3.49. The number of hydrogen-bond donors (Lipinski definition) is 3. The van der Waals surface area contributed by atoms with E-state index in [1.165, 1.54) is 0 Å². The first kappa shape index (κ1) is 16.0. The lowest BCUT2D eigenvalue weighted by molar-refractivity contribution is -0.0120. The molecular weight excluding hydrogens is 242 g/mol. The van der Waals surface area contributed by atoms with Gasteiger partial charge in [0.05, 0.1) is 5.60 Å². The molecule has 1 aromatic carbocycles. The minimum atomic E-state index is -0.868. The van der Waals surface area contributed by atoms with Crippen molar-refractivity contribution in [3.63, 3.8) is 0 Å². The Morgan fingerprint density at radius 1 is 1.16 bits per heavy atom. The van der Waals surface area contributed by atoms with Crippen molar-refractivity contribution in [1.82, 2.24) is 5.32 Å². The summed E-state index contributed by atoms with van der Waals surface area (Å²) in [5, 5.41) is 23.0. The van der Waals surface area contributed by atoms with Crippen LogP contribution in [0.5, 0.6) is 5.75 Å². The van der Waals surface area contributed by atoms with E-state index >= 15 is 0 Å². The van der Waals surface area contributed by atoms with Crippen LogP contribution in [-0.4, -0.2) is 40.6 Å². The fourth-order valence-corrected chi connectivity index (χ4v) is 1.36. The zero-order chi connectivity index (χ0) is 14.5. The largest absolute Gasteiger partial charge is 0.491 e. The van der Waals surface area contributed by atoms with Gasteiger partial charge in [-0.1, -0.05) is 18.2 Å². The van der Waals surface area contributed by atoms with Crippen molar-refractivity contribution in [3.8, 4) is 5.75 Å². The second kappa shape index (κ2) is 6.37. The molecule has 1 rings (SSSR count). The highest BCUT2D eigenvalue weighted by molar-refractivity contribution is 5.20. The minimum absolute atomic E-state index is 0.221. The van der Waals surface area contributed by atoms with Gasteiger partial charge in [0.2, 0.25) is 0 Å². The maximum atomic E-state index is 9.99. The Bertz CT molecular complexity index is 371. The standard InChI is InChI=1S/C15H25NO3/c1-14(2,15(3,4)18)16-10-12(17)11-19-13-8-6-5-7-9-13/h5-9,12,16-18H,10-11H2,1-4H3. The van der Waals surface area contributed by atoms with Gasteiger partial charge >= 0.3 is 0 Å². The van der Waals surface area contributed by atoms with Crippen molar-refractivity contribution in [2.75, 3.05) is 13.2 Å². The lowest BCUT2D eigenvalue weighted by Crippen LogP contribution is -2.57. The Labute approximate surface area is 115 Å². The van der Waals surface area contributed by atoms with Crippen LogP contribution in [0.2, 0.25) is 0 Å². The first-order valence-corrected chi connectivity index (χ1v) is 6.56. The van der Waals surface area contributed by atoms with Crippen molar-refractivity contribution < 1.29 is 14.9 Å². The molecule has 0 aliphatic heterocycles. The second-order valence-electron chi connectivity index (χ2n) is 5.84. The van der Waals surface area contributed by atoms with E-state index in [0.717, 1.165) is 5.75 Å². The van der Waals surface area contributed by atoms with Crippen molar-refractivity contribution in [2.45, 2.75) is 44.9 Å². The van der Waals surface area contributed by atoms with Crippen LogP contribution in [-0.2, 0) is 0 Å². The molecule has 0 amide bonds. The quantitative estimate of drug-likeness (QED) is 0.702. The number of para-hydroxylation sites is 1. The molecule has 0 heterocycles. The first-order chi connectivity index (χ1) is 8.72. The van der Waals surface area contributed by atoms with Gasteiger partial charge < -0.3 is 20.3 Å². The SMILES string of the molecule is CC(C)(O)C(C)(C)NCC(O)COc1ccccc1. The Morgan fingerprint density at radius 2 is 1.74 bits per heavy atom. The zero-order valence-electron chi connectivity index (χ0n) is 12.2. The van der Waals surface area contributed by atoms with Crippen molar-refractivity contribution >= 4 is 0 Å². The highest BCUT2D eigenvalue weighted by Crippen LogP contribution is 2.20. The Morgan fingerprint density at radius 3 is 2.26 bits per heavy atom. The van der Waals surface area contributed by atoms with Gasteiger partial charge in [-0.15, -0.1) is 0 Å². The smallest absolute Gasteiger partial charge is 0.119 e. The van der Waals surface area contributed by atoms with Gasteiger partial charge in [-0.25, -0.2) is 0 Å². The number of aliphatic hydroxyl groups is 2. The van der Waals surface area contributed by atoms with Crippen LogP contribution in [0.1, 0.15) is 27.7 Å². The molecule has 4 nitrogen and oxygen atoms in total. The molecule has 0 spiro atoms. The van der Waals surface area contributed by atoms with Crippen molar-refractivity contribution in [2.24, 2.45) is 0 Å². The fourth-order valence-electron chi connectivity index (χ4n) is 1.36.